The largest absolute Gasteiger partial charge is 0.262 e. The molecule has 3 aromatic heterocycles. The predicted octanol–water partition coefficient (Wildman–Crippen LogP) is 10.3. The van der Waals surface area contributed by atoms with Gasteiger partial charge in [0.2, 0.25) is 5.95 Å². The predicted molar refractivity (Wildman–Crippen MR) is 200 cm³/mol. The molecule has 9 rings (SSSR count). The summed E-state index contributed by atoms with van der Waals surface area (Å²) in [6.07, 6.45) is 8.40. The fourth-order valence-corrected chi connectivity index (χ4v) is 9.30. The minimum absolute atomic E-state index is 0.263. The lowest BCUT2D eigenvalue weighted by Gasteiger charge is -2.50. The minimum atomic E-state index is 0.263. The first-order valence-corrected chi connectivity index (χ1v) is 17.8. The molecular formula is C44H38N6. The molecule has 2 fully saturated rings. The Morgan fingerprint density at radius 1 is 0.640 bits per heavy atom. The van der Waals surface area contributed by atoms with Crippen LogP contribution in [-0.4, -0.2) is 24.5 Å². The maximum absolute atomic E-state index is 9.23. The first kappa shape index (κ1) is 30.4. The van der Waals surface area contributed by atoms with Crippen molar-refractivity contribution >= 4 is 21.9 Å². The van der Waals surface area contributed by atoms with Crippen LogP contribution >= 0.6 is 0 Å². The molecule has 0 amide bonds. The van der Waals surface area contributed by atoms with E-state index in [9.17, 15) is 5.26 Å². The van der Waals surface area contributed by atoms with Gasteiger partial charge in [-0.05, 0) is 102 Å². The Morgan fingerprint density at radius 2 is 1.22 bits per heavy atom. The van der Waals surface area contributed by atoms with Crippen molar-refractivity contribution in [2.75, 3.05) is 0 Å². The van der Waals surface area contributed by atoms with Crippen molar-refractivity contribution in [3.8, 4) is 45.9 Å². The number of hydrogen-bond acceptors (Lipinski definition) is 5. The number of fused-ring (bicyclic) bond motifs is 5. The highest BCUT2D eigenvalue weighted by atomic mass is 15.2. The third kappa shape index (κ3) is 5.25. The molecular weight excluding hydrogens is 613 g/mol. The Kier molecular flexibility index (Phi) is 7.31. The van der Waals surface area contributed by atoms with Gasteiger partial charge in [-0.3, -0.25) is 4.57 Å². The second-order valence-electron chi connectivity index (χ2n) is 14.8. The molecule has 0 N–H and O–H groups in total. The first-order chi connectivity index (χ1) is 24.5. The number of pyridine rings is 1. The van der Waals surface area contributed by atoms with Gasteiger partial charge in [0.15, 0.2) is 11.6 Å². The van der Waals surface area contributed by atoms with E-state index in [1.54, 1.807) is 0 Å². The Hall–Kier alpha value is -5.67. The van der Waals surface area contributed by atoms with E-state index in [0.717, 1.165) is 61.9 Å². The van der Waals surface area contributed by atoms with Crippen molar-refractivity contribution in [1.82, 2.24) is 24.5 Å². The van der Waals surface area contributed by atoms with E-state index in [-0.39, 0.29) is 5.41 Å². The van der Waals surface area contributed by atoms with E-state index < -0.39 is 0 Å². The summed E-state index contributed by atoms with van der Waals surface area (Å²) < 4.78 is 2.06. The van der Waals surface area contributed by atoms with Gasteiger partial charge in [0, 0.05) is 28.1 Å². The van der Waals surface area contributed by atoms with Gasteiger partial charge in [-0.25, -0.2) is 9.97 Å². The van der Waals surface area contributed by atoms with Crippen molar-refractivity contribution in [3.63, 3.8) is 0 Å². The van der Waals surface area contributed by atoms with Gasteiger partial charge in [0.25, 0.3) is 0 Å². The zero-order valence-electron chi connectivity index (χ0n) is 28.4. The highest BCUT2D eigenvalue weighted by molar-refractivity contribution is 6.07. The normalized spacial score (nSPS) is 21.7. The fourth-order valence-electron chi connectivity index (χ4n) is 9.30. The minimum Gasteiger partial charge on any atom is -0.262 e. The summed E-state index contributed by atoms with van der Waals surface area (Å²) in [5.74, 6) is 4.14. The lowest BCUT2D eigenvalue weighted by atomic mass is 9.54. The summed E-state index contributed by atoms with van der Waals surface area (Å²) in [7, 11) is 0. The van der Waals surface area contributed by atoms with E-state index in [0.29, 0.717) is 23.2 Å². The van der Waals surface area contributed by atoms with Crippen LogP contribution < -0.4 is 0 Å². The van der Waals surface area contributed by atoms with Gasteiger partial charge in [0.1, 0.15) is 5.65 Å². The molecule has 6 heteroatoms. The number of benzene rings is 4. The number of para-hydroxylation sites is 1. The van der Waals surface area contributed by atoms with Crippen LogP contribution in [0.4, 0.5) is 0 Å². The molecule has 244 valence electrons. The van der Waals surface area contributed by atoms with Gasteiger partial charge in [-0.15, -0.1) is 0 Å². The van der Waals surface area contributed by atoms with Gasteiger partial charge < -0.3 is 0 Å². The average Bonchev–Trinajstić information content (AvgIpc) is 3.49. The quantitative estimate of drug-likeness (QED) is 0.185. The van der Waals surface area contributed by atoms with Crippen LogP contribution in [0, 0.1) is 29.1 Å². The number of aromatic nitrogens is 5. The molecule has 2 unspecified atom stereocenters. The van der Waals surface area contributed by atoms with Gasteiger partial charge in [-0.2, -0.15) is 15.2 Å². The Morgan fingerprint density at radius 3 is 1.88 bits per heavy atom. The molecule has 50 heavy (non-hydrogen) atoms. The van der Waals surface area contributed by atoms with Crippen LogP contribution in [-0.2, 0) is 5.41 Å². The van der Waals surface area contributed by atoms with E-state index in [1.807, 2.05) is 42.6 Å². The highest BCUT2D eigenvalue weighted by Crippen LogP contribution is 2.54. The maximum atomic E-state index is 9.23. The summed E-state index contributed by atoms with van der Waals surface area (Å²) in [5.41, 5.74) is 8.17. The molecule has 6 nitrogen and oxygen atoms in total. The molecule has 4 atom stereocenters. The summed E-state index contributed by atoms with van der Waals surface area (Å²) in [4.78, 5) is 20.2. The lowest BCUT2D eigenvalue weighted by molar-refractivity contribution is 0.0780. The molecule has 7 aromatic rings. The Labute approximate surface area is 292 Å². The third-order valence-corrected chi connectivity index (χ3v) is 11.1. The van der Waals surface area contributed by atoms with Crippen LogP contribution in [0.5, 0.6) is 0 Å². The molecule has 2 bridgehead atoms. The SMILES string of the molecule is C[C@@H]1CC2C[C@H](C)CC(c3ccc(-c4nc(-c5ccc(-c6ccc(C#N)cc6)cc5)nc(-n5c6ccccc6c6cccnc65)n4)cc3)(C2)C1. The smallest absolute Gasteiger partial charge is 0.240 e. The van der Waals surface area contributed by atoms with Crippen LogP contribution in [0.1, 0.15) is 57.1 Å². The zero-order valence-corrected chi connectivity index (χ0v) is 28.4. The summed E-state index contributed by atoms with van der Waals surface area (Å²) >= 11 is 0. The monoisotopic (exact) mass is 650 g/mol. The van der Waals surface area contributed by atoms with Crippen molar-refractivity contribution in [2.45, 2.75) is 51.4 Å². The van der Waals surface area contributed by atoms with E-state index in [1.165, 1.54) is 37.7 Å². The number of rotatable bonds is 5. The Balaban J connectivity index is 1.17. The van der Waals surface area contributed by atoms with Gasteiger partial charge in [-0.1, -0.05) is 92.7 Å². The molecule has 0 saturated heterocycles. The average molecular weight is 651 g/mol. The zero-order chi connectivity index (χ0) is 33.8. The van der Waals surface area contributed by atoms with Crippen molar-refractivity contribution in [1.29, 1.82) is 5.26 Å². The molecule has 2 aliphatic rings. The van der Waals surface area contributed by atoms with Crippen LogP contribution in [0.3, 0.4) is 0 Å². The molecule has 0 radical (unpaired) electrons. The van der Waals surface area contributed by atoms with Crippen molar-refractivity contribution in [3.05, 3.63) is 127 Å². The number of nitrogens with zero attached hydrogens (tertiary/aromatic N) is 6. The van der Waals surface area contributed by atoms with Crippen LogP contribution in [0.25, 0.3) is 61.8 Å². The van der Waals surface area contributed by atoms with Crippen molar-refractivity contribution in [2.24, 2.45) is 17.8 Å². The van der Waals surface area contributed by atoms with Gasteiger partial charge in [0.05, 0.1) is 17.1 Å². The van der Waals surface area contributed by atoms with Crippen molar-refractivity contribution < 1.29 is 0 Å². The van der Waals surface area contributed by atoms with E-state index >= 15 is 0 Å². The topological polar surface area (TPSA) is 80.3 Å². The molecule has 0 aliphatic heterocycles. The number of hydrogen-bond donors (Lipinski definition) is 0. The highest BCUT2D eigenvalue weighted by Gasteiger charge is 2.45. The summed E-state index contributed by atoms with van der Waals surface area (Å²) in [6, 6.07) is 39.7. The van der Waals surface area contributed by atoms with Crippen LogP contribution in [0.15, 0.2) is 115 Å². The molecule has 4 aromatic carbocycles. The number of nitriles is 1. The molecule has 2 aliphatic carbocycles. The summed E-state index contributed by atoms with van der Waals surface area (Å²) in [6.45, 7) is 4.89. The van der Waals surface area contributed by atoms with E-state index in [2.05, 4.69) is 97.3 Å². The molecule has 2 saturated carbocycles. The summed E-state index contributed by atoms with van der Waals surface area (Å²) in [5, 5.41) is 11.4. The maximum Gasteiger partial charge on any atom is 0.240 e. The van der Waals surface area contributed by atoms with Gasteiger partial charge >= 0.3 is 0 Å². The van der Waals surface area contributed by atoms with E-state index in [4.69, 9.17) is 19.9 Å². The standard InChI is InChI=1S/C44H38N6/c1-28-22-31-23-29(2)25-44(24-28,26-31)36-19-17-35(18-20-36)41-47-40(34-15-13-33(14-16-34)32-11-9-30(27-45)10-12-32)48-43(49-41)50-39-8-4-3-6-37(39)38-7-5-21-46-42(38)50/h3-21,28-29,31H,22-26H2,1-2H3/t28-,29+,31?,44?. The Bertz CT molecular complexity index is 2330. The first-order valence-electron chi connectivity index (χ1n) is 17.8. The lowest BCUT2D eigenvalue weighted by Crippen LogP contribution is -2.42. The van der Waals surface area contributed by atoms with Crippen LogP contribution in [0.2, 0.25) is 0 Å². The molecule has 0 spiro atoms. The molecule has 3 heterocycles. The fraction of sp³-hybridized carbons (Fsp3) is 0.250. The second-order valence-corrected chi connectivity index (χ2v) is 14.8. The third-order valence-electron chi connectivity index (χ3n) is 11.1. The second kappa shape index (κ2) is 12.0.